The summed E-state index contributed by atoms with van der Waals surface area (Å²) < 4.78 is 11.6. The summed E-state index contributed by atoms with van der Waals surface area (Å²) in [4.78, 5) is 0. The summed E-state index contributed by atoms with van der Waals surface area (Å²) in [5.74, 6) is 1.94. The van der Waals surface area contributed by atoms with Crippen LogP contribution < -0.4 is 9.47 Å². The Kier molecular flexibility index (Phi) is 2.57. The lowest BCUT2D eigenvalue weighted by molar-refractivity contribution is 0.328. The molecule has 2 aliphatic heterocycles. The Morgan fingerprint density at radius 3 is 2.10 bits per heavy atom. The fourth-order valence-corrected chi connectivity index (χ4v) is 2.95. The molecule has 2 aliphatic rings. The Morgan fingerprint density at radius 2 is 1.38 bits per heavy atom. The number of phenolic OH excluding ortho intramolecular Hbond substituents is 2. The van der Waals surface area contributed by atoms with E-state index in [2.05, 4.69) is 0 Å². The molecular weight excluding hydrogens is 268 g/mol. The lowest BCUT2D eigenvalue weighted by Crippen LogP contribution is -2.10. The van der Waals surface area contributed by atoms with Crippen LogP contribution in [0.2, 0.25) is 0 Å². The van der Waals surface area contributed by atoms with Gasteiger partial charge in [-0.1, -0.05) is 0 Å². The SMILES string of the molecule is Oc1ccc2c(c1)C1=C(CO2)c2cc(O)ccc2OCC1. The number of hydrogen-bond donors (Lipinski definition) is 2. The van der Waals surface area contributed by atoms with Crippen molar-refractivity contribution in [1.29, 1.82) is 0 Å². The van der Waals surface area contributed by atoms with Crippen molar-refractivity contribution in [3.05, 3.63) is 47.5 Å². The van der Waals surface area contributed by atoms with E-state index in [1.165, 1.54) is 0 Å². The summed E-state index contributed by atoms with van der Waals surface area (Å²) in [6.45, 7) is 0.999. The maximum atomic E-state index is 9.75. The van der Waals surface area contributed by atoms with Crippen LogP contribution >= 0.6 is 0 Å². The molecule has 0 bridgehead atoms. The van der Waals surface area contributed by atoms with Gasteiger partial charge in [-0.25, -0.2) is 0 Å². The summed E-state index contributed by atoms with van der Waals surface area (Å²) >= 11 is 0. The third-order valence-corrected chi connectivity index (χ3v) is 3.92. The first-order valence-corrected chi connectivity index (χ1v) is 6.87. The Hall–Kier alpha value is -2.62. The molecule has 0 saturated heterocycles. The monoisotopic (exact) mass is 282 g/mol. The molecule has 2 N–H and O–H groups in total. The van der Waals surface area contributed by atoms with Gasteiger partial charge in [-0.05, 0) is 42.0 Å². The molecule has 0 aromatic heterocycles. The van der Waals surface area contributed by atoms with Gasteiger partial charge in [-0.3, -0.25) is 0 Å². The number of fused-ring (bicyclic) bond motifs is 4. The highest BCUT2D eigenvalue weighted by Gasteiger charge is 2.26. The molecule has 0 unspecified atom stereocenters. The van der Waals surface area contributed by atoms with Crippen molar-refractivity contribution in [2.45, 2.75) is 6.42 Å². The normalized spacial score (nSPS) is 16.0. The Morgan fingerprint density at radius 1 is 0.762 bits per heavy atom. The average Bonchev–Trinajstić information content (AvgIpc) is 2.66. The highest BCUT2D eigenvalue weighted by molar-refractivity contribution is 5.96. The van der Waals surface area contributed by atoms with Gasteiger partial charge >= 0.3 is 0 Å². The molecule has 0 spiro atoms. The Balaban J connectivity index is 1.96. The predicted octanol–water partition coefficient (Wildman–Crippen LogP) is 3.18. The molecule has 106 valence electrons. The molecule has 2 aromatic rings. The van der Waals surface area contributed by atoms with Crippen LogP contribution in [0.4, 0.5) is 0 Å². The number of aromatic hydroxyl groups is 2. The quantitative estimate of drug-likeness (QED) is 0.779. The van der Waals surface area contributed by atoms with E-state index in [1.54, 1.807) is 36.4 Å². The van der Waals surface area contributed by atoms with Gasteiger partial charge in [0.1, 0.15) is 29.6 Å². The van der Waals surface area contributed by atoms with E-state index >= 15 is 0 Å². The van der Waals surface area contributed by atoms with E-state index in [4.69, 9.17) is 9.47 Å². The van der Waals surface area contributed by atoms with Crippen LogP contribution in [0, 0.1) is 0 Å². The average molecular weight is 282 g/mol. The van der Waals surface area contributed by atoms with Crippen molar-refractivity contribution >= 4 is 11.1 Å². The van der Waals surface area contributed by atoms with Crippen molar-refractivity contribution in [2.75, 3.05) is 13.2 Å². The summed E-state index contributed by atoms with van der Waals surface area (Å²) in [5.41, 5.74) is 3.88. The molecule has 4 nitrogen and oxygen atoms in total. The number of rotatable bonds is 0. The van der Waals surface area contributed by atoms with Crippen molar-refractivity contribution in [1.82, 2.24) is 0 Å². The predicted molar refractivity (Wildman–Crippen MR) is 78.6 cm³/mol. The van der Waals surface area contributed by atoms with Crippen LogP contribution in [0.5, 0.6) is 23.0 Å². The smallest absolute Gasteiger partial charge is 0.127 e. The van der Waals surface area contributed by atoms with Crippen molar-refractivity contribution in [3.8, 4) is 23.0 Å². The molecule has 0 aliphatic carbocycles. The Bertz CT molecular complexity index is 761. The molecule has 2 heterocycles. The number of ether oxygens (including phenoxy) is 2. The Labute approximate surface area is 121 Å². The van der Waals surface area contributed by atoms with E-state index in [0.29, 0.717) is 13.2 Å². The van der Waals surface area contributed by atoms with Gasteiger partial charge in [0.05, 0.1) is 6.61 Å². The third-order valence-electron chi connectivity index (χ3n) is 3.92. The third kappa shape index (κ3) is 1.91. The van der Waals surface area contributed by atoms with Gasteiger partial charge in [0.25, 0.3) is 0 Å². The zero-order chi connectivity index (χ0) is 14.4. The largest absolute Gasteiger partial charge is 0.508 e. The maximum absolute atomic E-state index is 9.75. The first kappa shape index (κ1) is 12.1. The topological polar surface area (TPSA) is 58.9 Å². The van der Waals surface area contributed by atoms with E-state index in [0.717, 1.165) is 40.2 Å². The summed E-state index contributed by atoms with van der Waals surface area (Å²) in [6, 6.07) is 10.2. The first-order chi connectivity index (χ1) is 10.2. The zero-order valence-corrected chi connectivity index (χ0v) is 11.3. The maximum Gasteiger partial charge on any atom is 0.127 e. The van der Waals surface area contributed by atoms with Crippen LogP contribution in [0.15, 0.2) is 36.4 Å². The standard InChI is InChI=1S/C17H14O4/c18-10-2-4-17-13(7-10)12-5-6-20-16-3-1-11(19)8-14(16)15(12)9-21-17/h1-4,7-8,18-19H,5-6,9H2. The number of benzene rings is 2. The molecular formula is C17H14O4. The van der Waals surface area contributed by atoms with Gasteiger partial charge in [0.2, 0.25) is 0 Å². The first-order valence-electron chi connectivity index (χ1n) is 6.87. The van der Waals surface area contributed by atoms with Gasteiger partial charge in [-0.15, -0.1) is 0 Å². The molecule has 4 rings (SSSR count). The second kappa shape index (κ2) is 4.45. The van der Waals surface area contributed by atoms with Gasteiger partial charge in [0, 0.05) is 23.1 Å². The molecule has 0 saturated carbocycles. The van der Waals surface area contributed by atoms with Gasteiger partial charge in [-0.2, -0.15) is 0 Å². The molecule has 2 aromatic carbocycles. The molecule has 4 heteroatoms. The van der Waals surface area contributed by atoms with Gasteiger partial charge < -0.3 is 19.7 Å². The van der Waals surface area contributed by atoms with Crippen molar-refractivity contribution < 1.29 is 19.7 Å². The van der Waals surface area contributed by atoms with Crippen molar-refractivity contribution in [3.63, 3.8) is 0 Å². The minimum Gasteiger partial charge on any atom is -0.508 e. The summed E-state index contributed by atoms with van der Waals surface area (Å²) in [6.07, 6.45) is 0.741. The fourth-order valence-electron chi connectivity index (χ4n) is 2.95. The van der Waals surface area contributed by atoms with Crippen LogP contribution in [-0.4, -0.2) is 23.4 Å². The lowest BCUT2D eigenvalue weighted by atomic mass is 9.91. The highest BCUT2D eigenvalue weighted by Crippen LogP contribution is 2.44. The molecule has 0 fully saturated rings. The van der Waals surface area contributed by atoms with E-state index < -0.39 is 0 Å². The van der Waals surface area contributed by atoms with Gasteiger partial charge in [0.15, 0.2) is 0 Å². The summed E-state index contributed by atoms with van der Waals surface area (Å²) in [7, 11) is 0. The molecule has 0 amide bonds. The second-order valence-corrected chi connectivity index (χ2v) is 5.21. The van der Waals surface area contributed by atoms with E-state index in [1.807, 2.05) is 0 Å². The second-order valence-electron chi connectivity index (χ2n) is 5.21. The number of hydrogen-bond acceptors (Lipinski definition) is 4. The van der Waals surface area contributed by atoms with Crippen LogP contribution in [0.25, 0.3) is 11.1 Å². The van der Waals surface area contributed by atoms with Crippen LogP contribution in [0.1, 0.15) is 17.5 Å². The van der Waals surface area contributed by atoms with Crippen molar-refractivity contribution in [2.24, 2.45) is 0 Å². The molecule has 0 atom stereocenters. The van der Waals surface area contributed by atoms with E-state index in [-0.39, 0.29) is 11.5 Å². The fraction of sp³-hybridized carbons (Fsp3) is 0.176. The highest BCUT2D eigenvalue weighted by atomic mass is 16.5. The van der Waals surface area contributed by atoms with Crippen LogP contribution in [0.3, 0.4) is 0 Å². The summed E-state index contributed by atoms with van der Waals surface area (Å²) in [5, 5.41) is 19.5. The molecule has 0 radical (unpaired) electrons. The van der Waals surface area contributed by atoms with E-state index in [9.17, 15) is 10.2 Å². The molecule has 21 heavy (non-hydrogen) atoms. The lowest BCUT2D eigenvalue weighted by Gasteiger charge is -2.23. The number of phenols is 2. The minimum atomic E-state index is 0.202. The minimum absolute atomic E-state index is 0.202. The van der Waals surface area contributed by atoms with Crippen LogP contribution in [-0.2, 0) is 0 Å². The zero-order valence-electron chi connectivity index (χ0n) is 11.3.